The highest BCUT2D eigenvalue weighted by atomic mass is 16.6. The number of ether oxygens (including phenoxy) is 1. The molecule has 1 aromatic carbocycles. The third-order valence-corrected chi connectivity index (χ3v) is 5.81. The molecule has 2 amide bonds. The lowest BCUT2D eigenvalue weighted by Gasteiger charge is -2.39. The van der Waals surface area contributed by atoms with E-state index in [4.69, 9.17) is 4.74 Å². The maximum Gasteiger partial charge on any atom is 0.416 e. The third kappa shape index (κ3) is 5.47. The van der Waals surface area contributed by atoms with Gasteiger partial charge in [-0.1, -0.05) is 31.2 Å². The lowest BCUT2D eigenvalue weighted by atomic mass is 9.94. The molecule has 2 aromatic rings. The van der Waals surface area contributed by atoms with Crippen LogP contribution in [0.15, 0.2) is 48.7 Å². The summed E-state index contributed by atoms with van der Waals surface area (Å²) in [5.74, 6) is 0.589. The summed E-state index contributed by atoms with van der Waals surface area (Å²) in [5.41, 5.74) is 0.955. The number of anilines is 1. The fraction of sp³-hybridized carbons (Fsp3) is 0.500. The van der Waals surface area contributed by atoms with E-state index < -0.39 is 11.7 Å². The van der Waals surface area contributed by atoms with Gasteiger partial charge in [0.05, 0.1) is 6.04 Å². The number of carbonyl (C=O) groups is 2. The molecule has 1 saturated heterocycles. The Hall–Kier alpha value is -2.89. The molecule has 2 heterocycles. The van der Waals surface area contributed by atoms with E-state index in [0.29, 0.717) is 17.9 Å². The summed E-state index contributed by atoms with van der Waals surface area (Å²) in [5, 5.41) is 0. The van der Waals surface area contributed by atoms with Crippen LogP contribution in [0.2, 0.25) is 0 Å². The maximum atomic E-state index is 13.4. The van der Waals surface area contributed by atoms with Crippen LogP contribution in [0.3, 0.4) is 0 Å². The quantitative estimate of drug-likeness (QED) is 0.576. The normalized spacial score (nSPS) is 17.5. The molecular weight excluding hydrogens is 402 g/mol. The van der Waals surface area contributed by atoms with E-state index in [1.807, 2.05) is 82.0 Å². The van der Waals surface area contributed by atoms with Gasteiger partial charge in [0.1, 0.15) is 11.4 Å². The first kappa shape index (κ1) is 23.8. The topological polar surface area (TPSA) is 62.7 Å². The van der Waals surface area contributed by atoms with Crippen LogP contribution in [0.25, 0.3) is 0 Å². The van der Waals surface area contributed by atoms with Crippen molar-refractivity contribution in [2.75, 3.05) is 11.4 Å². The van der Waals surface area contributed by atoms with Crippen molar-refractivity contribution in [3.63, 3.8) is 0 Å². The second-order valence-electron chi connectivity index (χ2n) is 9.40. The number of amides is 2. The van der Waals surface area contributed by atoms with Gasteiger partial charge in [-0.15, -0.1) is 0 Å². The molecule has 0 spiro atoms. The Labute approximate surface area is 191 Å². The van der Waals surface area contributed by atoms with Crippen molar-refractivity contribution in [1.82, 2.24) is 9.88 Å². The number of pyridine rings is 1. The summed E-state index contributed by atoms with van der Waals surface area (Å²) in [6.45, 7) is 10.3. The molecule has 3 rings (SSSR count). The van der Waals surface area contributed by atoms with Crippen LogP contribution in [0.5, 0.6) is 0 Å². The van der Waals surface area contributed by atoms with E-state index in [-0.39, 0.29) is 18.0 Å². The highest BCUT2D eigenvalue weighted by Crippen LogP contribution is 2.37. The molecule has 0 saturated carbocycles. The van der Waals surface area contributed by atoms with Crippen molar-refractivity contribution in [3.05, 3.63) is 59.8 Å². The van der Waals surface area contributed by atoms with E-state index in [2.05, 4.69) is 4.98 Å². The summed E-state index contributed by atoms with van der Waals surface area (Å²) in [7, 11) is 0. The number of hydrogen-bond donors (Lipinski definition) is 0. The molecular formula is C26H35N3O3. The Morgan fingerprint density at radius 3 is 2.53 bits per heavy atom. The first-order valence-corrected chi connectivity index (χ1v) is 11.6. The number of aromatic nitrogens is 1. The zero-order valence-electron chi connectivity index (χ0n) is 19.9. The molecule has 0 aliphatic carbocycles. The van der Waals surface area contributed by atoms with Crippen LogP contribution in [-0.4, -0.2) is 40.1 Å². The summed E-state index contributed by atoms with van der Waals surface area (Å²) >= 11 is 0. The van der Waals surface area contributed by atoms with Gasteiger partial charge in [0, 0.05) is 29.9 Å². The first-order chi connectivity index (χ1) is 15.2. The second-order valence-corrected chi connectivity index (χ2v) is 9.40. The van der Waals surface area contributed by atoms with Gasteiger partial charge in [-0.25, -0.2) is 9.78 Å². The lowest BCUT2D eigenvalue weighted by Crippen LogP contribution is -2.44. The van der Waals surface area contributed by atoms with Gasteiger partial charge in [-0.2, -0.15) is 0 Å². The number of hydrogen-bond acceptors (Lipinski definition) is 4. The molecule has 2 atom stereocenters. The average molecular weight is 438 g/mol. The molecule has 6 nitrogen and oxygen atoms in total. The van der Waals surface area contributed by atoms with E-state index in [9.17, 15) is 9.59 Å². The molecule has 6 heteroatoms. The van der Waals surface area contributed by atoms with Crippen molar-refractivity contribution in [2.24, 2.45) is 0 Å². The van der Waals surface area contributed by atoms with Gasteiger partial charge in [-0.05, 0) is 71.6 Å². The molecule has 1 aliphatic rings. The Morgan fingerprint density at radius 1 is 1.16 bits per heavy atom. The van der Waals surface area contributed by atoms with Crippen LogP contribution < -0.4 is 4.90 Å². The monoisotopic (exact) mass is 437 g/mol. The average Bonchev–Trinajstić information content (AvgIpc) is 2.78. The zero-order chi connectivity index (χ0) is 23.3. The van der Waals surface area contributed by atoms with Crippen molar-refractivity contribution >= 4 is 17.8 Å². The molecule has 0 bridgehead atoms. The minimum Gasteiger partial charge on any atom is -0.443 e. The van der Waals surface area contributed by atoms with E-state index in [0.717, 1.165) is 31.2 Å². The fourth-order valence-corrected chi connectivity index (χ4v) is 4.08. The Morgan fingerprint density at radius 2 is 1.88 bits per heavy atom. The minimum absolute atomic E-state index is 0.0115. The van der Waals surface area contributed by atoms with Gasteiger partial charge in [-0.3, -0.25) is 9.69 Å². The number of carbonyl (C=O) groups excluding carboxylic acids is 2. The zero-order valence-corrected chi connectivity index (χ0v) is 19.9. The molecule has 32 heavy (non-hydrogen) atoms. The molecule has 1 fully saturated rings. The van der Waals surface area contributed by atoms with E-state index in [1.54, 1.807) is 11.1 Å². The summed E-state index contributed by atoms with van der Waals surface area (Å²) in [6, 6.07) is 13.0. The summed E-state index contributed by atoms with van der Waals surface area (Å²) in [6.07, 6.45) is 4.86. The molecule has 0 radical (unpaired) electrons. The van der Waals surface area contributed by atoms with Crippen LogP contribution in [0, 0.1) is 0 Å². The van der Waals surface area contributed by atoms with Gasteiger partial charge in [0.15, 0.2) is 0 Å². The number of rotatable bonds is 5. The summed E-state index contributed by atoms with van der Waals surface area (Å²) in [4.78, 5) is 34.8. The van der Waals surface area contributed by atoms with Crippen LogP contribution in [-0.2, 0) is 4.74 Å². The number of piperidine rings is 1. The molecule has 1 aliphatic heterocycles. The predicted octanol–water partition coefficient (Wildman–Crippen LogP) is 5.99. The van der Waals surface area contributed by atoms with Crippen LogP contribution >= 0.6 is 0 Å². The summed E-state index contributed by atoms with van der Waals surface area (Å²) < 4.78 is 5.73. The predicted molar refractivity (Wildman–Crippen MR) is 127 cm³/mol. The third-order valence-electron chi connectivity index (χ3n) is 5.81. The molecule has 0 N–H and O–H groups in total. The van der Waals surface area contributed by atoms with Crippen LogP contribution in [0.1, 0.15) is 82.3 Å². The second kappa shape index (κ2) is 10.2. The number of nitrogens with zero attached hydrogens (tertiary/aromatic N) is 3. The van der Waals surface area contributed by atoms with Crippen LogP contribution in [0.4, 0.5) is 10.6 Å². The SMILES string of the molecule is CC[C@H](C)N(C(=O)OC(C)(C)C)c1ncccc1[C@H]1CCCCN1C(=O)c1ccccc1. The number of benzene rings is 1. The highest BCUT2D eigenvalue weighted by Gasteiger charge is 2.35. The van der Waals surface area contributed by atoms with E-state index in [1.165, 1.54) is 0 Å². The van der Waals surface area contributed by atoms with Crippen molar-refractivity contribution in [2.45, 2.75) is 78.0 Å². The molecule has 172 valence electrons. The molecule has 1 aromatic heterocycles. The Bertz CT molecular complexity index is 923. The largest absolute Gasteiger partial charge is 0.443 e. The Balaban J connectivity index is 2.02. The number of likely N-dealkylation sites (tertiary alicyclic amines) is 1. The van der Waals surface area contributed by atoms with Gasteiger partial charge in [0.2, 0.25) is 0 Å². The Kier molecular flexibility index (Phi) is 7.54. The van der Waals surface area contributed by atoms with Crippen molar-refractivity contribution < 1.29 is 14.3 Å². The van der Waals surface area contributed by atoms with E-state index >= 15 is 0 Å². The van der Waals surface area contributed by atoms with Gasteiger partial charge < -0.3 is 9.64 Å². The first-order valence-electron chi connectivity index (χ1n) is 11.6. The fourth-order valence-electron chi connectivity index (χ4n) is 4.08. The van der Waals surface area contributed by atoms with Gasteiger partial charge in [0.25, 0.3) is 5.91 Å². The van der Waals surface area contributed by atoms with Crippen molar-refractivity contribution in [1.29, 1.82) is 0 Å². The highest BCUT2D eigenvalue weighted by molar-refractivity contribution is 5.95. The maximum absolute atomic E-state index is 13.4. The standard InChI is InChI=1S/C26H35N3O3/c1-6-19(2)29(25(31)32-26(3,4)5)23-21(15-12-17-27-23)22-16-10-11-18-28(22)24(30)20-13-8-7-9-14-20/h7-9,12-15,17,19,22H,6,10-11,16,18H2,1-5H3/t19-,22+/m0/s1. The molecule has 0 unspecified atom stereocenters. The smallest absolute Gasteiger partial charge is 0.416 e. The van der Waals surface area contributed by atoms with Gasteiger partial charge >= 0.3 is 6.09 Å². The van der Waals surface area contributed by atoms with Crippen molar-refractivity contribution in [3.8, 4) is 0 Å². The minimum atomic E-state index is -0.613. The lowest BCUT2D eigenvalue weighted by molar-refractivity contribution is 0.0564.